The molecule has 1 saturated heterocycles. The average molecular weight is 461 g/mol. The van der Waals surface area contributed by atoms with Crippen molar-refractivity contribution in [3.05, 3.63) is 50.7 Å². The van der Waals surface area contributed by atoms with Crippen LogP contribution in [-0.2, 0) is 0 Å². The Bertz CT molecular complexity index is 1100. The van der Waals surface area contributed by atoms with Crippen molar-refractivity contribution >= 4 is 23.0 Å². The first-order chi connectivity index (χ1) is 15.3. The molecule has 172 valence electrons. The Kier molecular flexibility index (Phi) is 7.65. The summed E-state index contributed by atoms with van der Waals surface area (Å²) in [5, 5.41) is 14.5. The van der Waals surface area contributed by atoms with Gasteiger partial charge in [0.15, 0.2) is 5.11 Å². The second-order valence-corrected chi connectivity index (χ2v) is 7.73. The number of hydrogen-bond donors (Lipinski definition) is 3. The van der Waals surface area contributed by atoms with E-state index in [9.17, 15) is 14.7 Å². The molecule has 1 aliphatic heterocycles. The number of methoxy groups -OCH3 is 1. The van der Waals surface area contributed by atoms with E-state index in [-0.39, 0.29) is 5.56 Å². The number of nitrogens with one attached hydrogen (secondary N) is 2. The highest BCUT2D eigenvalue weighted by Crippen LogP contribution is 2.19. The van der Waals surface area contributed by atoms with Gasteiger partial charge in [-0.1, -0.05) is 0 Å². The fourth-order valence-electron chi connectivity index (χ4n) is 3.59. The molecule has 0 saturated carbocycles. The van der Waals surface area contributed by atoms with E-state index in [2.05, 4.69) is 25.1 Å². The number of ether oxygens (including phenoxy) is 1. The maximum atomic E-state index is 12.4. The van der Waals surface area contributed by atoms with E-state index in [0.29, 0.717) is 30.2 Å². The number of benzene rings is 1. The van der Waals surface area contributed by atoms with E-state index < -0.39 is 17.1 Å². The predicted molar refractivity (Wildman–Crippen MR) is 128 cm³/mol. The molecule has 0 amide bonds. The molecule has 10 nitrogen and oxygen atoms in total. The van der Waals surface area contributed by atoms with Gasteiger partial charge in [0.2, 0.25) is 5.88 Å². The van der Waals surface area contributed by atoms with Crippen LogP contribution in [0.1, 0.15) is 12.5 Å². The van der Waals surface area contributed by atoms with E-state index in [1.54, 1.807) is 31.2 Å². The van der Waals surface area contributed by atoms with Crippen LogP contribution in [0.2, 0.25) is 0 Å². The third kappa shape index (κ3) is 5.17. The average Bonchev–Trinajstić information content (AvgIpc) is 2.79. The molecule has 2 aromatic rings. The van der Waals surface area contributed by atoms with E-state index in [0.717, 1.165) is 35.9 Å². The smallest absolute Gasteiger partial charge is 0.335 e. The van der Waals surface area contributed by atoms with Crippen LogP contribution in [-0.4, -0.2) is 88.7 Å². The van der Waals surface area contributed by atoms with Crippen molar-refractivity contribution in [2.24, 2.45) is 4.99 Å². The first-order valence-electron chi connectivity index (χ1n) is 10.3. The molecule has 1 aromatic heterocycles. The zero-order valence-electron chi connectivity index (χ0n) is 18.4. The Morgan fingerprint density at radius 2 is 1.88 bits per heavy atom. The van der Waals surface area contributed by atoms with E-state index >= 15 is 0 Å². The molecule has 2 heterocycles. The SMILES string of the molecule is CNC(=S)N1CCN(CCN=C(C)c2c(O)n(-c3ccc(OC)cc3)c(=O)[nH]c2=O)CC1. The molecule has 32 heavy (non-hydrogen) atoms. The standard InChI is InChI=1S/C21H28N6O4S/c1-14(23-8-9-25-10-12-26(13-11-25)21(32)22-2)17-18(28)24-20(30)27(19(17)29)15-4-6-16(31-3)7-5-15/h4-7,29H,8-13H2,1-3H3,(H,22,32)(H,24,28,30). The van der Waals surface area contributed by atoms with Crippen molar-refractivity contribution in [2.45, 2.75) is 6.92 Å². The van der Waals surface area contributed by atoms with Gasteiger partial charge in [0, 0.05) is 45.5 Å². The highest BCUT2D eigenvalue weighted by atomic mass is 32.1. The summed E-state index contributed by atoms with van der Waals surface area (Å²) in [5.74, 6) is 0.164. The monoisotopic (exact) mass is 460 g/mol. The van der Waals surface area contributed by atoms with Gasteiger partial charge in [-0.05, 0) is 43.4 Å². The number of aromatic hydroxyl groups is 1. The van der Waals surface area contributed by atoms with Gasteiger partial charge in [-0.15, -0.1) is 0 Å². The maximum absolute atomic E-state index is 12.4. The van der Waals surface area contributed by atoms with Crippen LogP contribution in [0.4, 0.5) is 0 Å². The number of aromatic nitrogens is 2. The minimum absolute atomic E-state index is 0.0235. The van der Waals surface area contributed by atoms with Crippen molar-refractivity contribution in [1.82, 2.24) is 24.7 Å². The second-order valence-electron chi connectivity index (χ2n) is 7.34. The van der Waals surface area contributed by atoms with Crippen molar-refractivity contribution < 1.29 is 9.84 Å². The Hall–Kier alpha value is -3.18. The Balaban J connectivity index is 1.74. The number of piperazine rings is 1. The predicted octanol–water partition coefficient (Wildman–Crippen LogP) is 0.171. The summed E-state index contributed by atoms with van der Waals surface area (Å²) in [4.78, 5) is 35.9. The lowest BCUT2D eigenvalue weighted by molar-refractivity contribution is 0.186. The summed E-state index contributed by atoms with van der Waals surface area (Å²) in [6.07, 6.45) is 0. The van der Waals surface area contributed by atoms with E-state index in [1.165, 1.54) is 7.11 Å². The number of thiocarbonyl (C=S) groups is 1. The molecule has 11 heteroatoms. The summed E-state index contributed by atoms with van der Waals surface area (Å²) in [5.41, 5.74) is -0.666. The van der Waals surface area contributed by atoms with Crippen LogP contribution in [0.25, 0.3) is 5.69 Å². The first-order valence-corrected chi connectivity index (χ1v) is 10.7. The van der Waals surface area contributed by atoms with E-state index in [1.807, 2.05) is 7.05 Å². The highest BCUT2D eigenvalue weighted by molar-refractivity contribution is 7.80. The molecule has 0 radical (unpaired) electrons. The number of H-pyrrole nitrogens is 1. The molecule has 0 spiro atoms. The second kappa shape index (κ2) is 10.4. The minimum atomic E-state index is -0.730. The van der Waals surface area contributed by atoms with Crippen LogP contribution >= 0.6 is 12.2 Å². The van der Waals surface area contributed by atoms with Gasteiger partial charge in [0.25, 0.3) is 5.56 Å². The van der Waals surface area contributed by atoms with Gasteiger partial charge in [-0.2, -0.15) is 0 Å². The van der Waals surface area contributed by atoms with Crippen molar-refractivity contribution in [3.63, 3.8) is 0 Å². The summed E-state index contributed by atoms with van der Waals surface area (Å²) < 4.78 is 6.16. The van der Waals surface area contributed by atoms with Crippen LogP contribution in [0.5, 0.6) is 11.6 Å². The zero-order chi connectivity index (χ0) is 23.3. The number of hydrogen-bond acceptors (Lipinski definition) is 7. The van der Waals surface area contributed by atoms with Crippen LogP contribution < -0.4 is 21.3 Å². The lowest BCUT2D eigenvalue weighted by Gasteiger charge is -2.35. The normalized spacial score (nSPS) is 15.0. The van der Waals surface area contributed by atoms with Crippen LogP contribution in [0, 0.1) is 0 Å². The van der Waals surface area contributed by atoms with Crippen molar-refractivity contribution in [3.8, 4) is 17.3 Å². The molecule has 3 N–H and O–H groups in total. The van der Waals surface area contributed by atoms with Gasteiger partial charge < -0.3 is 20.1 Å². The van der Waals surface area contributed by atoms with E-state index in [4.69, 9.17) is 17.0 Å². The summed E-state index contributed by atoms with van der Waals surface area (Å²) in [6, 6.07) is 6.56. The quantitative estimate of drug-likeness (QED) is 0.413. The molecule has 0 unspecified atom stereocenters. The van der Waals surface area contributed by atoms with Crippen LogP contribution in [0.3, 0.4) is 0 Å². The third-order valence-corrected chi connectivity index (χ3v) is 5.88. The Morgan fingerprint density at radius 1 is 1.22 bits per heavy atom. The van der Waals surface area contributed by atoms with Crippen LogP contribution in [0.15, 0.2) is 38.8 Å². The molecule has 0 aliphatic carbocycles. The molecule has 1 aliphatic rings. The van der Waals surface area contributed by atoms with Gasteiger partial charge in [-0.3, -0.25) is 19.7 Å². The molecule has 0 bridgehead atoms. The molecule has 3 rings (SSSR count). The summed E-state index contributed by atoms with van der Waals surface area (Å²) in [7, 11) is 3.36. The maximum Gasteiger partial charge on any atom is 0.335 e. The van der Waals surface area contributed by atoms with Gasteiger partial charge in [-0.25, -0.2) is 9.36 Å². The zero-order valence-corrected chi connectivity index (χ0v) is 19.2. The first kappa shape index (κ1) is 23.5. The topological polar surface area (TPSA) is 115 Å². The number of rotatable bonds is 6. The van der Waals surface area contributed by atoms with Crippen molar-refractivity contribution in [1.29, 1.82) is 0 Å². The van der Waals surface area contributed by atoms with Gasteiger partial charge >= 0.3 is 5.69 Å². The van der Waals surface area contributed by atoms with Crippen molar-refractivity contribution in [2.75, 3.05) is 53.4 Å². The number of nitrogens with zero attached hydrogens (tertiary/aromatic N) is 4. The fourth-order valence-corrected chi connectivity index (χ4v) is 3.78. The largest absolute Gasteiger partial charge is 0.497 e. The number of aliphatic imine (C=N–C) groups is 1. The lowest BCUT2D eigenvalue weighted by atomic mass is 10.2. The summed E-state index contributed by atoms with van der Waals surface area (Å²) >= 11 is 5.27. The molecular formula is C21H28N6O4S. The summed E-state index contributed by atoms with van der Waals surface area (Å²) in [6.45, 7) is 6.24. The highest BCUT2D eigenvalue weighted by Gasteiger charge is 2.19. The molecular weight excluding hydrogens is 432 g/mol. The van der Waals surface area contributed by atoms with Gasteiger partial charge in [0.05, 0.1) is 19.3 Å². The van der Waals surface area contributed by atoms with Gasteiger partial charge in [0.1, 0.15) is 11.3 Å². The lowest BCUT2D eigenvalue weighted by Crippen LogP contribution is -2.51. The number of aromatic amines is 1. The minimum Gasteiger partial charge on any atom is -0.497 e. The Morgan fingerprint density at radius 3 is 2.47 bits per heavy atom. The molecule has 0 atom stereocenters. The fraction of sp³-hybridized carbons (Fsp3) is 0.429. The Labute approximate surface area is 191 Å². The molecule has 1 fully saturated rings. The molecule has 1 aromatic carbocycles. The third-order valence-electron chi connectivity index (χ3n) is 5.42.